The van der Waals surface area contributed by atoms with Gasteiger partial charge in [0, 0.05) is 43.8 Å². The van der Waals surface area contributed by atoms with Gasteiger partial charge < -0.3 is 19.6 Å². The van der Waals surface area contributed by atoms with Gasteiger partial charge in [0.2, 0.25) is 5.91 Å². The monoisotopic (exact) mass is 415 g/mol. The normalized spacial score (nSPS) is 14.1. The van der Waals surface area contributed by atoms with Gasteiger partial charge in [-0.15, -0.1) is 0 Å². The molecule has 9 heteroatoms. The van der Waals surface area contributed by atoms with Crippen molar-refractivity contribution in [3.8, 4) is 0 Å². The van der Waals surface area contributed by atoms with Crippen molar-refractivity contribution in [2.75, 3.05) is 36.4 Å². The number of nitrogens with one attached hydrogen (secondary N) is 1. The second-order valence-electron chi connectivity index (χ2n) is 7.27. The number of anilines is 3. The summed E-state index contributed by atoms with van der Waals surface area (Å²) >= 11 is 0. The van der Waals surface area contributed by atoms with Gasteiger partial charge in [0.1, 0.15) is 29.5 Å². The van der Waals surface area contributed by atoms with Crippen LogP contribution in [0.25, 0.3) is 11.0 Å². The zero-order valence-corrected chi connectivity index (χ0v) is 16.8. The van der Waals surface area contributed by atoms with E-state index >= 15 is 0 Å². The lowest BCUT2D eigenvalue weighted by molar-refractivity contribution is -0.130. The number of hydrogen-bond donors (Lipinski definition) is 1. The molecule has 1 aliphatic rings. The summed E-state index contributed by atoms with van der Waals surface area (Å²) in [5.74, 6) is 2.28. The van der Waals surface area contributed by atoms with E-state index in [0.29, 0.717) is 43.3 Å². The zero-order valence-electron chi connectivity index (χ0n) is 16.8. The van der Waals surface area contributed by atoms with Gasteiger partial charge in [0.25, 0.3) is 0 Å². The molecular weight excluding hydrogens is 394 g/mol. The van der Waals surface area contributed by atoms with Crippen LogP contribution in [0.2, 0.25) is 0 Å². The maximum atomic E-state index is 12.8. The SMILES string of the molecule is O=C(Cc1noc2ccccc12)N1CCN(c2cc(Nc3ccccn3)ncn2)CC1. The number of hydrogen-bond acceptors (Lipinski definition) is 8. The van der Waals surface area contributed by atoms with E-state index in [9.17, 15) is 4.79 Å². The van der Waals surface area contributed by atoms with Crippen molar-refractivity contribution in [1.82, 2.24) is 25.0 Å². The van der Waals surface area contributed by atoms with Crippen LogP contribution in [0.4, 0.5) is 17.5 Å². The summed E-state index contributed by atoms with van der Waals surface area (Å²) < 4.78 is 5.31. The third-order valence-corrected chi connectivity index (χ3v) is 5.30. The summed E-state index contributed by atoms with van der Waals surface area (Å²) in [6.45, 7) is 2.65. The first kappa shape index (κ1) is 19.0. The maximum Gasteiger partial charge on any atom is 0.228 e. The average molecular weight is 415 g/mol. The molecule has 0 aliphatic carbocycles. The molecule has 0 saturated carbocycles. The van der Waals surface area contributed by atoms with Gasteiger partial charge in [-0.25, -0.2) is 15.0 Å². The molecule has 0 radical (unpaired) electrons. The average Bonchev–Trinajstić information content (AvgIpc) is 3.23. The third kappa shape index (κ3) is 4.16. The fourth-order valence-electron chi connectivity index (χ4n) is 3.66. The minimum atomic E-state index is 0.0545. The number of carbonyl (C=O) groups is 1. The smallest absolute Gasteiger partial charge is 0.228 e. The fraction of sp³-hybridized carbons (Fsp3) is 0.227. The number of fused-ring (bicyclic) bond motifs is 1. The standard InChI is InChI=1S/C22H21N7O2/c30-22(13-17-16-5-1-2-6-18(16)31-27-17)29-11-9-28(10-12-29)21-14-20(24-15-25-21)26-19-7-3-4-8-23-19/h1-8,14-15H,9-13H2,(H,23,24,25,26). The maximum absolute atomic E-state index is 12.8. The van der Waals surface area contributed by atoms with Crippen molar-refractivity contribution in [2.45, 2.75) is 6.42 Å². The Bertz CT molecular complexity index is 1190. The first-order valence-corrected chi connectivity index (χ1v) is 10.1. The molecule has 9 nitrogen and oxygen atoms in total. The second-order valence-corrected chi connectivity index (χ2v) is 7.27. The third-order valence-electron chi connectivity index (χ3n) is 5.30. The van der Waals surface area contributed by atoms with Crippen molar-refractivity contribution >= 4 is 34.3 Å². The van der Waals surface area contributed by atoms with Gasteiger partial charge in [-0.2, -0.15) is 0 Å². The number of nitrogens with zero attached hydrogens (tertiary/aromatic N) is 6. The Balaban J connectivity index is 1.20. The van der Waals surface area contributed by atoms with Crippen molar-refractivity contribution in [1.29, 1.82) is 0 Å². The molecule has 5 rings (SSSR count). The molecule has 1 fully saturated rings. The van der Waals surface area contributed by atoms with Crippen LogP contribution in [0.15, 0.2) is 65.6 Å². The van der Waals surface area contributed by atoms with Gasteiger partial charge in [0.15, 0.2) is 5.58 Å². The molecule has 1 N–H and O–H groups in total. The van der Waals surface area contributed by atoms with Crippen LogP contribution in [0.3, 0.4) is 0 Å². The van der Waals surface area contributed by atoms with Crippen molar-refractivity contribution in [3.05, 3.63) is 66.7 Å². The molecule has 1 saturated heterocycles. The fourth-order valence-corrected chi connectivity index (χ4v) is 3.66. The van der Waals surface area contributed by atoms with E-state index < -0.39 is 0 Å². The highest BCUT2D eigenvalue weighted by Gasteiger charge is 2.23. The molecule has 0 bridgehead atoms. The summed E-state index contributed by atoms with van der Waals surface area (Å²) in [5.41, 5.74) is 1.39. The highest BCUT2D eigenvalue weighted by Crippen LogP contribution is 2.21. The number of aromatic nitrogens is 4. The molecule has 4 heterocycles. The number of benzene rings is 1. The molecule has 0 spiro atoms. The summed E-state index contributed by atoms with van der Waals surface area (Å²) in [7, 11) is 0. The Morgan fingerprint density at radius 3 is 2.65 bits per heavy atom. The van der Waals surface area contributed by atoms with Crippen LogP contribution >= 0.6 is 0 Å². The molecule has 1 amide bonds. The lowest BCUT2D eigenvalue weighted by Gasteiger charge is -2.35. The van der Waals surface area contributed by atoms with Gasteiger partial charge in [0.05, 0.1) is 6.42 Å². The van der Waals surface area contributed by atoms with E-state index in [1.807, 2.05) is 53.4 Å². The summed E-state index contributed by atoms with van der Waals surface area (Å²) in [6, 6.07) is 15.1. The van der Waals surface area contributed by atoms with Crippen molar-refractivity contribution < 1.29 is 9.32 Å². The molecule has 3 aromatic heterocycles. The number of para-hydroxylation sites is 1. The Morgan fingerprint density at radius 1 is 0.968 bits per heavy atom. The van der Waals surface area contributed by atoms with E-state index in [2.05, 4.69) is 30.3 Å². The summed E-state index contributed by atoms with van der Waals surface area (Å²) in [4.78, 5) is 29.7. The predicted octanol–water partition coefficient (Wildman–Crippen LogP) is 2.65. The molecule has 4 aromatic rings. The lowest BCUT2D eigenvalue weighted by atomic mass is 10.1. The van der Waals surface area contributed by atoms with Gasteiger partial charge >= 0.3 is 0 Å². The highest BCUT2D eigenvalue weighted by atomic mass is 16.5. The molecular formula is C22H21N7O2. The second kappa shape index (κ2) is 8.39. The summed E-state index contributed by atoms with van der Waals surface area (Å²) in [6.07, 6.45) is 3.50. The lowest BCUT2D eigenvalue weighted by Crippen LogP contribution is -2.49. The van der Waals surface area contributed by atoms with Gasteiger partial charge in [-0.3, -0.25) is 4.79 Å². The number of pyridine rings is 1. The van der Waals surface area contributed by atoms with Gasteiger partial charge in [-0.05, 0) is 24.3 Å². The minimum Gasteiger partial charge on any atom is -0.356 e. The first-order valence-electron chi connectivity index (χ1n) is 10.1. The minimum absolute atomic E-state index is 0.0545. The number of rotatable bonds is 5. The quantitative estimate of drug-likeness (QED) is 0.531. The molecule has 0 atom stereocenters. The van der Waals surface area contributed by atoms with Crippen LogP contribution in [0.1, 0.15) is 5.69 Å². The van der Waals surface area contributed by atoms with Crippen LogP contribution in [-0.2, 0) is 11.2 Å². The Kier molecular flexibility index (Phi) is 5.14. The molecule has 156 valence electrons. The van der Waals surface area contributed by atoms with Crippen LogP contribution in [0.5, 0.6) is 0 Å². The van der Waals surface area contributed by atoms with Gasteiger partial charge in [-0.1, -0.05) is 23.4 Å². The van der Waals surface area contributed by atoms with Crippen molar-refractivity contribution in [2.24, 2.45) is 0 Å². The number of piperazine rings is 1. The Hall–Kier alpha value is -4.01. The summed E-state index contributed by atoms with van der Waals surface area (Å²) in [5, 5.41) is 8.15. The largest absolute Gasteiger partial charge is 0.356 e. The predicted molar refractivity (Wildman–Crippen MR) is 116 cm³/mol. The number of amides is 1. The van der Waals surface area contributed by atoms with Crippen LogP contribution < -0.4 is 10.2 Å². The van der Waals surface area contributed by atoms with E-state index in [4.69, 9.17) is 4.52 Å². The van der Waals surface area contributed by atoms with E-state index in [1.165, 1.54) is 6.33 Å². The molecule has 31 heavy (non-hydrogen) atoms. The number of carbonyl (C=O) groups excluding carboxylic acids is 1. The van der Waals surface area contributed by atoms with E-state index in [-0.39, 0.29) is 12.3 Å². The molecule has 1 aromatic carbocycles. The molecule has 1 aliphatic heterocycles. The van der Waals surface area contributed by atoms with Crippen LogP contribution in [-0.4, -0.2) is 57.1 Å². The van der Waals surface area contributed by atoms with Crippen LogP contribution in [0, 0.1) is 0 Å². The topological polar surface area (TPSA) is 100 Å². The highest BCUT2D eigenvalue weighted by molar-refractivity contribution is 5.86. The Morgan fingerprint density at radius 2 is 1.81 bits per heavy atom. The van der Waals surface area contributed by atoms with E-state index in [0.717, 1.165) is 17.0 Å². The zero-order chi connectivity index (χ0) is 21.0. The first-order chi connectivity index (χ1) is 15.3. The van der Waals surface area contributed by atoms with Crippen molar-refractivity contribution in [3.63, 3.8) is 0 Å². The molecule has 0 unspecified atom stereocenters. The van der Waals surface area contributed by atoms with E-state index in [1.54, 1.807) is 6.20 Å². The Labute approximate surface area is 178 Å².